The smallest absolute Gasteiger partial charge is 0.0932 e. The third kappa shape index (κ3) is 2.43. The summed E-state index contributed by atoms with van der Waals surface area (Å²) in [6, 6.07) is 0.563. The molecule has 1 saturated heterocycles. The van der Waals surface area contributed by atoms with Gasteiger partial charge in [0.05, 0.1) is 19.3 Å². The first-order chi connectivity index (χ1) is 5.24. The van der Waals surface area contributed by atoms with Gasteiger partial charge in [-0.1, -0.05) is 0 Å². The second-order valence-electron chi connectivity index (χ2n) is 3.26. The summed E-state index contributed by atoms with van der Waals surface area (Å²) in [6.45, 7) is 7.09. The van der Waals surface area contributed by atoms with Crippen LogP contribution in [0.4, 0.5) is 0 Å². The van der Waals surface area contributed by atoms with Gasteiger partial charge < -0.3 is 9.84 Å². The lowest BCUT2D eigenvalue weighted by Crippen LogP contribution is -2.46. The zero-order valence-electron chi connectivity index (χ0n) is 7.29. The van der Waals surface area contributed by atoms with Crippen molar-refractivity contribution in [2.24, 2.45) is 0 Å². The maximum absolute atomic E-state index is 8.84. The van der Waals surface area contributed by atoms with Gasteiger partial charge in [0.1, 0.15) is 0 Å². The van der Waals surface area contributed by atoms with Gasteiger partial charge in [0.2, 0.25) is 0 Å². The lowest BCUT2D eigenvalue weighted by molar-refractivity contribution is -0.0608. The van der Waals surface area contributed by atoms with E-state index in [0.29, 0.717) is 6.04 Å². The van der Waals surface area contributed by atoms with E-state index in [1.807, 2.05) is 0 Å². The number of rotatable bonds is 2. The Morgan fingerprint density at radius 2 is 2.36 bits per heavy atom. The molecule has 1 fully saturated rings. The summed E-state index contributed by atoms with van der Waals surface area (Å²) >= 11 is 0. The van der Waals surface area contributed by atoms with Gasteiger partial charge in [-0.25, -0.2) is 0 Å². The van der Waals surface area contributed by atoms with E-state index in [9.17, 15) is 0 Å². The van der Waals surface area contributed by atoms with Gasteiger partial charge in [-0.15, -0.1) is 0 Å². The van der Waals surface area contributed by atoms with Gasteiger partial charge in [-0.3, -0.25) is 4.90 Å². The van der Waals surface area contributed by atoms with Crippen LogP contribution in [0, 0.1) is 0 Å². The Balaban J connectivity index is 2.33. The molecule has 0 bridgehead atoms. The molecule has 0 spiro atoms. The molecule has 0 amide bonds. The number of morpholine rings is 1. The van der Waals surface area contributed by atoms with Crippen LogP contribution in [0.2, 0.25) is 0 Å². The van der Waals surface area contributed by atoms with E-state index >= 15 is 0 Å². The average Bonchev–Trinajstić information content (AvgIpc) is 2.05. The van der Waals surface area contributed by atoms with Crippen molar-refractivity contribution in [1.82, 2.24) is 4.90 Å². The molecule has 1 heterocycles. The van der Waals surface area contributed by atoms with Crippen LogP contribution in [0.1, 0.15) is 13.8 Å². The number of ether oxygens (including phenoxy) is 1. The highest BCUT2D eigenvalue weighted by Gasteiger charge is 2.20. The molecule has 0 aromatic carbocycles. The first-order valence-electron chi connectivity index (χ1n) is 4.20. The summed E-state index contributed by atoms with van der Waals surface area (Å²) in [6.07, 6.45) is 0.0335. The first-order valence-corrected chi connectivity index (χ1v) is 4.20. The highest BCUT2D eigenvalue weighted by atomic mass is 16.5. The molecule has 0 aromatic rings. The fraction of sp³-hybridized carbons (Fsp3) is 1.00. The van der Waals surface area contributed by atoms with Gasteiger partial charge in [-0.2, -0.15) is 0 Å². The Labute approximate surface area is 68.0 Å². The Hall–Kier alpha value is -0.120. The minimum absolute atomic E-state index is 0.0335. The zero-order valence-corrected chi connectivity index (χ0v) is 7.29. The number of hydrogen-bond donors (Lipinski definition) is 1. The maximum Gasteiger partial charge on any atom is 0.0932 e. The topological polar surface area (TPSA) is 32.7 Å². The van der Waals surface area contributed by atoms with E-state index < -0.39 is 0 Å². The molecule has 1 aliphatic heterocycles. The minimum atomic E-state index is 0.0335. The summed E-state index contributed by atoms with van der Waals surface area (Å²) in [4.78, 5) is 2.32. The van der Waals surface area contributed by atoms with Crippen LogP contribution in [-0.2, 0) is 4.74 Å². The van der Waals surface area contributed by atoms with Crippen molar-refractivity contribution in [3.63, 3.8) is 0 Å². The molecule has 1 N–H and O–H groups in total. The van der Waals surface area contributed by atoms with Crippen molar-refractivity contribution >= 4 is 0 Å². The lowest BCUT2D eigenvalue weighted by Gasteiger charge is -2.34. The molecule has 3 nitrogen and oxygen atoms in total. The van der Waals surface area contributed by atoms with Gasteiger partial charge >= 0.3 is 0 Å². The first kappa shape index (κ1) is 8.97. The molecule has 0 aliphatic carbocycles. The molecular formula is C8H17NO2. The lowest BCUT2D eigenvalue weighted by atomic mass is 10.2. The fourth-order valence-corrected chi connectivity index (χ4v) is 1.32. The number of hydrogen-bond acceptors (Lipinski definition) is 3. The van der Waals surface area contributed by atoms with Crippen molar-refractivity contribution in [2.45, 2.75) is 26.0 Å². The summed E-state index contributed by atoms with van der Waals surface area (Å²) < 4.78 is 5.32. The minimum Gasteiger partial charge on any atom is -0.394 e. The standard InChI is InChI=1S/C8H17NO2/c1-7(2)9-3-4-11-8(5-9)6-10/h7-8,10H,3-6H2,1-2H3. The highest BCUT2D eigenvalue weighted by Crippen LogP contribution is 2.07. The third-order valence-corrected chi connectivity index (χ3v) is 2.10. The molecule has 1 atom stereocenters. The monoisotopic (exact) mass is 159 g/mol. The van der Waals surface area contributed by atoms with E-state index in [0.717, 1.165) is 19.7 Å². The van der Waals surface area contributed by atoms with Gasteiger partial charge in [0.25, 0.3) is 0 Å². The molecule has 1 unspecified atom stereocenters. The largest absolute Gasteiger partial charge is 0.394 e. The Morgan fingerprint density at radius 3 is 2.91 bits per heavy atom. The Morgan fingerprint density at radius 1 is 1.64 bits per heavy atom. The van der Waals surface area contributed by atoms with E-state index in [-0.39, 0.29) is 12.7 Å². The summed E-state index contributed by atoms with van der Waals surface area (Å²) in [5.41, 5.74) is 0. The van der Waals surface area contributed by atoms with E-state index in [1.165, 1.54) is 0 Å². The third-order valence-electron chi connectivity index (χ3n) is 2.10. The zero-order chi connectivity index (χ0) is 8.27. The van der Waals surface area contributed by atoms with E-state index in [1.54, 1.807) is 0 Å². The van der Waals surface area contributed by atoms with Crippen LogP contribution in [-0.4, -0.2) is 48.5 Å². The molecule has 3 heteroatoms. The quantitative estimate of drug-likeness (QED) is 0.619. The van der Waals surface area contributed by atoms with Crippen molar-refractivity contribution < 1.29 is 9.84 Å². The number of aliphatic hydroxyl groups is 1. The van der Waals surface area contributed by atoms with Crippen molar-refractivity contribution in [3.8, 4) is 0 Å². The van der Waals surface area contributed by atoms with E-state index in [4.69, 9.17) is 9.84 Å². The van der Waals surface area contributed by atoms with Crippen LogP contribution >= 0.6 is 0 Å². The summed E-state index contributed by atoms with van der Waals surface area (Å²) in [5.74, 6) is 0. The van der Waals surface area contributed by atoms with Gasteiger partial charge in [0.15, 0.2) is 0 Å². The molecule has 11 heavy (non-hydrogen) atoms. The molecule has 1 rings (SSSR count). The van der Waals surface area contributed by atoms with Gasteiger partial charge in [-0.05, 0) is 13.8 Å². The number of nitrogens with zero attached hydrogens (tertiary/aromatic N) is 1. The van der Waals surface area contributed by atoms with Crippen LogP contribution in [0.5, 0.6) is 0 Å². The van der Waals surface area contributed by atoms with Crippen molar-refractivity contribution in [2.75, 3.05) is 26.3 Å². The second kappa shape index (κ2) is 4.04. The fourth-order valence-electron chi connectivity index (χ4n) is 1.32. The second-order valence-corrected chi connectivity index (χ2v) is 3.26. The molecular weight excluding hydrogens is 142 g/mol. The Bertz CT molecular complexity index is 117. The maximum atomic E-state index is 8.84. The molecule has 1 aliphatic rings. The molecule has 66 valence electrons. The predicted molar refractivity (Wildman–Crippen MR) is 43.5 cm³/mol. The summed E-state index contributed by atoms with van der Waals surface area (Å²) in [5, 5.41) is 8.84. The summed E-state index contributed by atoms with van der Waals surface area (Å²) in [7, 11) is 0. The molecule has 0 saturated carbocycles. The van der Waals surface area contributed by atoms with Crippen molar-refractivity contribution in [3.05, 3.63) is 0 Å². The SMILES string of the molecule is CC(C)N1CCOC(CO)C1. The normalized spacial score (nSPS) is 27.8. The molecule has 0 aromatic heterocycles. The van der Waals surface area contributed by atoms with Gasteiger partial charge in [0, 0.05) is 19.1 Å². The van der Waals surface area contributed by atoms with Crippen LogP contribution in [0.25, 0.3) is 0 Å². The van der Waals surface area contributed by atoms with Crippen LogP contribution in [0.15, 0.2) is 0 Å². The molecule has 0 radical (unpaired) electrons. The highest BCUT2D eigenvalue weighted by molar-refractivity contribution is 4.72. The van der Waals surface area contributed by atoms with Crippen molar-refractivity contribution in [1.29, 1.82) is 0 Å². The Kier molecular flexibility index (Phi) is 3.30. The van der Waals surface area contributed by atoms with Crippen LogP contribution < -0.4 is 0 Å². The number of aliphatic hydroxyl groups excluding tert-OH is 1. The average molecular weight is 159 g/mol. The van der Waals surface area contributed by atoms with E-state index in [2.05, 4.69) is 18.7 Å². The van der Waals surface area contributed by atoms with Crippen LogP contribution in [0.3, 0.4) is 0 Å². The predicted octanol–water partition coefficient (Wildman–Crippen LogP) is 0.0879.